The van der Waals surface area contributed by atoms with E-state index in [1.165, 1.54) is 24.3 Å². The topological polar surface area (TPSA) is 75.3 Å². The molecule has 2 aromatic carbocycles. The highest BCUT2D eigenvalue weighted by Gasteiger charge is 2.15. The number of sulfonamides is 1. The van der Waals surface area contributed by atoms with Crippen LogP contribution in [0.3, 0.4) is 0 Å². The van der Waals surface area contributed by atoms with Crippen LogP contribution in [0.1, 0.15) is 5.56 Å². The molecule has 0 radical (unpaired) electrons. The van der Waals surface area contributed by atoms with Gasteiger partial charge in [0.2, 0.25) is 15.9 Å². The maximum absolute atomic E-state index is 12.1. The summed E-state index contributed by atoms with van der Waals surface area (Å²) in [6, 6.07) is 10.9. The van der Waals surface area contributed by atoms with Gasteiger partial charge in [-0.1, -0.05) is 40.9 Å². The van der Waals surface area contributed by atoms with E-state index in [2.05, 4.69) is 10.0 Å². The van der Waals surface area contributed by atoms with Crippen molar-refractivity contribution in [2.24, 2.45) is 0 Å². The van der Waals surface area contributed by atoms with Crippen LogP contribution >= 0.6 is 23.2 Å². The lowest BCUT2D eigenvalue weighted by molar-refractivity contribution is -0.115. The van der Waals surface area contributed by atoms with Gasteiger partial charge in [-0.3, -0.25) is 4.79 Å². The molecule has 0 bridgehead atoms. The van der Waals surface area contributed by atoms with Gasteiger partial charge in [-0.15, -0.1) is 0 Å². The Morgan fingerprint density at radius 1 is 1.09 bits per heavy atom. The van der Waals surface area contributed by atoms with Crippen molar-refractivity contribution in [2.45, 2.75) is 11.8 Å². The summed E-state index contributed by atoms with van der Waals surface area (Å²) in [5.41, 5.74) is 1.30. The van der Waals surface area contributed by atoms with E-state index in [1.807, 2.05) is 6.92 Å². The summed E-state index contributed by atoms with van der Waals surface area (Å²) in [6.45, 7) is 1.45. The molecule has 0 atom stereocenters. The highest BCUT2D eigenvalue weighted by Crippen LogP contribution is 2.25. The summed E-state index contributed by atoms with van der Waals surface area (Å²) in [5, 5.41) is 3.22. The number of aryl methyl sites for hydroxylation is 1. The number of anilines is 1. The number of carbonyl (C=O) groups is 1. The minimum atomic E-state index is -3.75. The van der Waals surface area contributed by atoms with Crippen LogP contribution in [0.15, 0.2) is 47.4 Å². The van der Waals surface area contributed by atoms with E-state index in [4.69, 9.17) is 23.2 Å². The molecule has 23 heavy (non-hydrogen) atoms. The van der Waals surface area contributed by atoms with E-state index in [1.54, 1.807) is 18.2 Å². The number of benzene rings is 2. The molecule has 8 heteroatoms. The smallest absolute Gasteiger partial charge is 0.241 e. The molecule has 0 aromatic heterocycles. The summed E-state index contributed by atoms with van der Waals surface area (Å²) in [4.78, 5) is 11.9. The first-order valence-electron chi connectivity index (χ1n) is 6.59. The van der Waals surface area contributed by atoms with Crippen molar-refractivity contribution < 1.29 is 13.2 Å². The number of halogens is 2. The third kappa shape index (κ3) is 4.94. The van der Waals surface area contributed by atoms with Crippen LogP contribution in [-0.4, -0.2) is 20.9 Å². The summed E-state index contributed by atoms with van der Waals surface area (Å²) < 4.78 is 26.4. The van der Waals surface area contributed by atoms with Gasteiger partial charge < -0.3 is 5.32 Å². The lowest BCUT2D eigenvalue weighted by Crippen LogP contribution is -2.32. The summed E-state index contributed by atoms with van der Waals surface area (Å²) in [6.07, 6.45) is 0. The molecule has 122 valence electrons. The number of rotatable bonds is 5. The van der Waals surface area contributed by atoms with E-state index in [0.29, 0.717) is 10.7 Å². The number of amides is 1. The number of nitrogens with one attached hydrogen (secondary N) is 2. The van der Waals surface area contributed by atoms with E-state index in [-0.39, 0.29) is 9.92 Å². The van der Waals surface area contributed by atoms with E-state index < -0.39 is 22.5 Å². The van der Waals surface area contributed by atoms with E-state index in [9.17, 15) is 13.2 Å². The first-order valence-corrected chi connectivity index (χ1v) is 8.83. The summed E-state index contributed by atoms with van der Waals surface area (Å²) in [7, 11) is -3.75. The van der Waals surface area contributed by atoms with Crippen LogP contribution in [0.5, 0.6) is 0 Å². The Balaban J connectivity index is 1.99. The molecule has 0 aliphatic rings. The van der Waals surface area contributed by atoms with E-state index in [0.717, 1.165) is 5.56 Å². The van der Waals surface area contributed by atoms with Crippen LogP contribution in [0.25, 0.3) is 0 Å². The molecule has 0 fully saturated rings. The van der Waals surface area contributed by atoms with Gasteiger partial charge in [-0.25, -0.2) is 13.1 Å². The summed E-state index contributed by atoms with van der Waals surface area (Å²) >= 11 is 11.7. The van der Waals surface area contributed by atoms with Crippen LogP contribution in [0.4, 0.5) is 5.69 Å². The fraction of sp³-hybridized carbons (Fsp3) is 0.133. The van der Waals surface area contributed by atoms with Crippen LogP contribution < -0.4 is 10.0 Å². The molecular formula is C15H14Cl2N2O3S. The van der Waals surface area contributed by atoms with Crippen molar-refractivity contribution in [3.05, 3.63) is 58.1 Å². The van der Waals surface area contributed by atoms with Gasteiger partial charge in [0.05, 0.1) is 22.2 Å². The maximum atomic E-state index is 12.1. The van der Waals surface area contributed by atoms with Crippen LogP contribution in [0, 0.1) is 6.92 Å². The number of hydrogen-bond acceptors (Lipinski definition) is 3. The number of carbonyl (C=O) groups excluding carboxylic acids is 1. The van der Waals surface area contributed by atoms with Crippen molar-refractivity contribution >= 4 is 44.8 Å². The molecule has 0 saturated heterocycles. The molecule has 0 saturated carbocycles. The first kappa shape index (κ1) is 17.7. The van der Waals surface area contributed by atoms with Gasteiger partial charge >= 0.3 is 0 Å². The highest BCUT2D eigenvalue weighted by atomic mass is 35.5. The molecular weight excluding hydrogens is 359 g/mol. The average molecular weight is 373 g/mol. The summed E-state index contributed by atoms with van der Waals surface area (Å²) in [5.74, 6) is -0.537. The Labute approximate surface area is 144 Å². The minimum absolute atomic E-state index is 0.0976. The highest BCUT2D eigenvalue weighted by molar-refractivity contribution is 7.89. The van der Waals surface area contributed by atoms with Crippen molar-refractivity contribution in [1.82, 2.24) is 4.72 Å². The predicted octanol–water partition coefficient (Wildman–Crippen LogP) is 3.22. The lowest BCUT2D eigenvalue weighted by atomic mass is 10.2. The standard InChI is InChI=1S/C15H14Cl2N2O3S/c1-10-2-5-12(6-3-10)23(21,22)18-9-15(20)19-14-7-4-11(16)8-13(14)17/h2-8,18H,9H2,1H3,(H,19,20). The van der Waals surface area contributed by atoms with Crippen molar-refractivity contribution in [2.75, 3.05) is 11.9 Å². The largest absolute Gasteiger partial charge is 0.324 e. The lowest BCUT2D eigenvalue weighted by Gasteiger charge is -2.09. The monoisotopic (exact) mass is 372 g/mol. The van der Waals surface area contributed by atoms with Crippen molar-refractivity contribution in [3.63, 3.8) is 0 Å². The molecule has 0 unspecified atom stereocenters. The zero-order valence-electron chi connectivity index (χ0n) is 12.1. The first-order chi connectivity index (χ1) is 10.8. The van der Waals surface area contributed by atoms with Gasteiger partial charge in [0.1, 0.15) is 0 Å². The molecule has 2 N–H and O–H groups in total. The normalized spacial score (nSPS) is 11.3. The Bertz CT molecular complexity index is 821. The second-order valence-corrected chi connectivity index (χ2v) is 7.42. The number of hydrogen-bond donors (Lipinski definition) is 2. The van der Waals surface area contributed by atoms with Gasteiger partial charge in [-0.05, 0) is 37.3 Å². The quantitative estimate of drug-likeness (QED) is 0.845. The zero-order valence-corrected chi connectivity index (χ0v) is 14.5. The van der Waals surface area contributed by atoms with Crippen LogP contribution in [-0.2, 0) is 14.8 Å². The SMILES string of the molecule is Cc1ccc(S(=O)(=O)NCC(=O)Nc2ccc(Cl)cc2Cl)cc1. The Morgan fingerprint density at radius 3 is 2.35 bits per heavy atom. The van der Waals surface area contributed by atoms with Gasteiger partial charge in [0.25, 0.3) is 0 Å². The van der Waals surface area contributed by atoms with Crippen molar-refractivity contribution in [3.8, 4) is 0 Å². The molecule has 1 amide bonds. The fourth-order valence-corrected chi connectivity index (χ4v) is 3.18. The molecule has 0 heterocycles. The molecule has 0 spiro atoms. The molecule has 0 aliphatic carbocycles. The second-order valence-electron chi connectivity index (χ2n) is 4.81. The Kier molecular flexibility index (Phi) is 5.64. The molecule has 2 aromatic rings. The molecule has 0 aliphatic heterocycles. The third-order valence-corrected chi connectivity index (χ3v) is 4.92. The fourth-order valence-electron chi connectivity index (χ4n) is 1.75. The minimum Gasteiger partial charge on any atom is -0.324 e. The Hall–Kier alpha value is -1.60. The second kappa shape index (κ2) is 7.31. The van der Waals surface area contributed by atoms with Gasteiger partial charge in [-0.2, -0.15) is 0 Å². The third-order valence-electron chi connectivity index (χ3n) is 2.96. The van der Waals surface area contributed by atoms with Gasteiger partial charge in [0, 0.05) is 5.02 Å². The molecule has 2 rings (SSSR count). The molecule has 5 nitrogen and oxygen atoms in total. The zero-order chi connectivity index (χ0) is 17.0. The Morgan fingerprint density at radius 2 is 1.74 bits per heavy atom. The van der Waals surface area contributed by atoms with Gasteiger partial charge in [0.15, 0.2) is 0 Å². The maximum Gasteiger partial charge on any atom is 0.241 e. The van der Waals surface area contributed by atoms with E-state index >= 15 is 0 Å². The van der Waals surface area contributed by atoms with Crippen LogP contribution in [0.2, 0.25) is 10.0 Å². The van der Waals surface area contributed by atoms with Crippen molar-refractivity contribution in [1.29, 1.82) is 0 Å². The predicted molar refractivity (Wildman–Crippen MR) is 91.5 cm³/mol. The average Bonchev–Trinajstić information content (AvgIpc) is 2.49.